The number of primary amides is 1. The van der Waals surface area contributed by atoms with Crippen molar-refractivity contribution in [2.24, 2.45) is 5.73 Å². The van der Waals surface area contributed by atoms with Crippen LogP contribution in [0.3, 0.4) is 0 Å². The first-order chi connectivity index (χ1) is 7.59. The van der Waals surface area contributed by atoms with Crippen LogP contribution in [-0.4, -0.2) is 23.6 Å². The highest BCUT2D eigenvalue weighted by atomic mass is 35.5. The van der Waals surface area contributed by atoms with E-state index in [1.165, 1.54) is 6.07 Å². The number of halogens is 1. The van der Waals surface area contributed by atoms with E-state index in [4.69, 9.17) is 17.3 Å². The van der Waals surface area contributed by atoms with E-state index in [-0.39, 0.29) is 17.7 Å². The van der Waals surface area contributed by atoms with E-state index in [2.05, 4.69) is 0 Å². The average Bonchev–Trinajstić information content (AvgIpc) is 2.70. The maximum atomic E-state index is 11.3. The summed E-state index contributed by atoms with van der Waals surface area (Å²) in [5.74, 6) is -0.216. The van der Waals surface area contributed by atoms with E-state index in [9.17, 15) is 9.90 Å². The molecule has 3 N–H and O–H groups in total. The molecule has 1 aliphatic rings. The Morgan fingerprint density at radius 1 is 1.56 bits per heavy atom. The summed E-state index contributed by atoms with van der Waals surface area (Å²) in [7, 11) is 0. The minimum atomic E-state index is -0.350. The summed E-state index contributed by atoms with van der Waals surface area (Å²) in [5, 5.41) is 9.94. The van der Waals surface area contributed by atoms with E-state index >= 15 is 0 Å². The third-order valence-electron chi connectivity index (χ3n) is 2.82. The standard InChI is InChI=1S/C11H13ClN2O2/c12-8-4-3-7(15)6-10(8)14-5-1-2-9(14)11(13)16/h3-4,6,9,15H,1-2,5H2,(H2,13,16). The molecule has 0 saturated carbocycles. The molecule has 0 bridgehead atoms. The summed E-state index contributed by atoms with van der Waals surface area (Å²) in [6, 6.07) is 4.37. The van der Waals surface area contributed by atoms with Crippen molar-refractivity contribution in [1.29, 1.82) is 0 Å². The number of anilines is 1. The van der Waals surface area contributed by atoms with Gasteiger partial charge >= 0.3 is 0 Å². The van der Waals surface area contributed by atoms with Gasteiger partial charge in [0.15, 0.2) is 0 Å². The number of benzene rings is 1. The summed E-state index contributed by atoms with van der Waals surface area (Å²) in [5.41, 5.74) is 6.00. The van der Waals surface area contributed by atoms with Crippen LogP contribution in [0.5, 0.6) is 5.75 Å². The van der Waals surface area contributed by atoms with Gasteiger partial charge in [-0.05, 0) is 25.0 Å². The van der Waals surface area contributed by atoms with Gasteiger partial charge in [-0.2, -0.15) is 0 Å². The molecule has 2 rings (SSSR count). The molecule has 0 aromatic heterocycles. The van der Waals surface area contributed by atoms with E-state index in [1.54, 1.807) is 12.1 Å². The predicted octanol–water partition coefficient (Wildman–Crippen LogP) is 1.50. The number of carbonyl (C=O) groups is 1. The second-order valence-electron chi connectivity index (χ2n) is 3.89. The Bertz CT molecular complexity index is 422. The van der Waals surface area contributed by atoms with Gasteiger partial charge in [0.2, 0.25) is 5.91 Å². The van der Waals surface area contributed by atoms with Crippen molar-refractivity contribution in [3.05, 3.63) is 23.2 Å². The molecule has 86 valence electrons. The molecular weight excluding hydrogens is 228 g/mol. The van der Waals surface area contributed by atoms with Gasteiger partial charge in [0.05, 0.1) is 10.7 Å². The van der Waals surface area contributed by atoms with Crippen LogP contribution in [0.15, 0.2) is 18.2 Å². The van der Waals surface area contributed by atoms with Gasteiger partial charge in [-0.15, -0.1) is 0 Å². The number of nitrogens with two attached hydrogens (primary N) is 1. The molecule has 1 aromatic carbocycles. The molecule has 1 unspecified atom stereocenters. The molecule has 16 heavy (non-hydrogen) atoms. The Balaban J connectivity index is 2.35. The molecule has 1 heterocycles. The van der Waals surface area contributed by atoms with Gasteiger partial charge in [-0.25, -0.2) is 0 Å². The lowest BCUT2D eigenvalue weighted by molar-refractivity contribution is -0.119. The Hall–Kier alpha value is -1.42. The normalized spacial score (nSPS) is 20.1. The van der Waals surface area contributed by atoms with E-state index in [0.717, 1.165) is 19.4 Å². The van der Waals surface area contributed by atoms with Gasteiger partial charge in [0.1, 0.15) is 11.8 Å². The van der Waals surface area contributed by atoms with Crippen molar-refractivity contribution in [3.63, 3.8) is 0 Å². The smallest absolute Gasteiger partial charge is 0.240 e. The first-order valence-electron chi connectivity index (χ1n) is 5.14. The van der Waals surface area contributed by atoms with Crippen LogP contribution in [-0.2, 0) is 4.79 Å². The molecule has 0 radical (unpaired) electrons. The van der Waals surface area contributed by atoms with Crippen molar-refractivity contribution in [2.75, 3.05) is 11.4 Å². The number of hydrogen-bond donors (Lipinski definition) is 2. The van der Waals surface area contributed by atoms with Crippen LogP contribution in [0.2, 0.25) is 5.02 Å². The lowest BCUT2D eigenvalue weighted by Crippen LogP contribution is -2.40. The lowest BCUT2D eigenvalue weighted by atomic mass is 10.2. The van der Waals surface area contributed by atoms with E-state index in [0.29, 0.717) is 10.7 Å². The largest absolute Gasteiger partial charge is 0.508 e. The number of aromatic hydroxyl groups is 1. The molecule has 1 amide bonds. The third-order valence-corrected chi connectivity index (χ3v) is 3.14. The summed E-state index contributed by atoms with van der Waals surface area (Å²) < 4.78 is 0. The van der Waals surface area contributed by atoms with Crippen LogP contribution in [0.1, 0.15) is 12.8 Å². The molecule has 1 aromatic rings. The molecule has 1 atom stereocenters. The van der Waals surface area contributed by atoms with Crippen LogP contribution < -0.4 is 10.6 Å². The fourth-order valence-electron chi connectivity index (χ4n) is 2.07. The maximum Gasteiger partial charge on any atom is 0.240 e. The summed E-state index contributed by atoms with van der Waals surface area (Å²) >= 11 is 6.04. The van der Waals surface area contributed by atoms with Gasteiger partial charge in [0, 0.05) is 12.6 Å². The summed E-state index contributed by atoms with van der Waals surface area (Å²) in [4.78, 5) is 13.1. The van der Waals surface area contributed by atoms with Crippen LogP contribution >= 0.6 is 11.6 Å². The zero-order chi connectivity index (χ0) is 11.7. The molecule has 0 aliphatic carbocycles. The summed E-state index contributed by atoms with van der Waals surface area (Å²) in [6.07, 6.45) is 1.64. The number of nitrogens with zero attached hydrogens (tertiary/aromatic N) is 1. The van der Waals surface area contributed by atoms with Gasteiger partial charge < -0.3 is 15.7 Å². The third kappa shape index (κ3) is 1.93. The predicted molar refractivity (Wildman–Crippen MR) is 62.7 cm³/mol. The number of amides is 1. The van der Waals surface area contributed by atoms with Crippen LogP contribution in [0, 0.1) is 0 Å². The van der Waals surface area contributed by atoms with Gasteiger partial charge in [-0.3, -0.25) is 4.79 Å². The topological polar surface area (TPSA) is 66.6 Å². The van der Waals surface area contributed by atoms with E-state index < -0.39 is 0 Å². The minimum absolute atomic E-state index is 0.134. The molecule has 1 saturated heterocycles. The number of hydrogen-bond acceptors (Lipinski definition) is 3. The molecule has 4 nitrogen and oxygen atoms in total. The molecule has 1 aliphatic heterocycles. The van der Waals surface area contributed by atoms with E-state index in [1.807, 2.05) is 4.90 Å². The second-order valence-corrected chi connectivity index (χ2v) is 4.30. The Morgan fingerprint density at radius 3 is 3.00 bits per heavy atom. The SMILES string of the molecule is NC(=O)C1CCCN1c1cc(O)ccc1Cl. The van der Waals surface area contributed by atoms with Crippen LogP contribution in [0.4, 0.5) is 5.69 Å². The first kappa shape index (κ1) is 11.1. The molecule has 1 fully saturated rings. The maximum absolute atomic E-state index is 11.3. The Morgan fingerprint density at radius 2 is 2.31 bits per heavy atom. The highest BCUT2D eigenvalue weighted by molar-refractivity contribution is 6.33. The highest BCUT2D eigenvalue weighted by Crippen LogP contribution is 2.34. The minimum Gasteiger partial charge on any atom is -0.508 e. The Labute approximate surface area is 98.6 Å². The van der Waals surface area contributed by atoms with Crippen molar-refractivity contribution in [2.45, 2.75) is 18.9 Å². The number of phenolic OH excluding ortho intramolecular Hbond substituents is 1. The Kier molecular flexibility index (Phi) is 2.92. The second kappa shape index (κ2) is 4.22. The van der Waals surface area contributed by atoms with Crippen molar-refractivity contribution in [1.82, 2.24) is 0 Å². The highest BCUT2D eigenvalue weighted by Gasteiger charge is 2.30. The molecule has 5 heteroatoms. The molecule has 0 spiro atoms. The molecular formula is C11H13ClN2O2. The van der Waals surface area contributed by atoms with Crippen molar-refractivity contribution in [3.8, 4) is 5.75 Å². The van der Waals surface area contributed by atoms with Crippen molar-refractivity contribution >= 4 is 23.2 Å². The van der Waals surface area contributed by atoms with Crippen molar-refractivity contribution < 1.29 is 9.90 Å². The quantitative estimate of drug-likeness (QED) is 0.823. The zero-order valence-corrected chi connectivity index (χ0v) is 9.44. The fourth-order valence-corrected chi connectivity index (χ4v) is 2.30. The van der Waals surface area contributed by atoms with Gasteiger partial charge in [-0.1, -0.05) is 11.6 Å². The number of phenols is 1. The van der Waals surface area contributed by atoms with Gasteiger partial charge in [0.25, 0.3) is 0 Å². The first-order valence-corrected chi connectivity index (χ1v) is 5.52. The zero-order valence-electron chi connectivity index (χ0n) is 8.69. The monoisotopic (exact) mass is 240 g/mol. The lowest BCUT2D eigenvalue weighted by Gasteiger charge is -2.25. The average molecular weight is 241 g/mol. The summed E-state index contributed by atoms with van der Waals surface area (Å²) in [6.45, 7) is 0.733. The number of rotatable bonds is 2. The fraction of sp³-hybridized carbons (Fsp3) is 0.364. The number of carbonyl (C=O) groups excluding carboxylic acids is 1. The van der Waals surface area contributed by atoms with Crippen LogP contribution in [0.25, 0.3) is 0 Å².